The predicted octanol–water partition coefficient (Wildman–Crippen LogP) is 4.51. The molecule has 0 bridgehead atoms. The van der Waals surface area contributed by atoms with Crippen molar-refractivity contribution >= 4 is 16.3 Å². The van der Waals surface area contributed by atoms with Crippen molar-refractivity contribution in [2.45, 2.75) is 6.92 Å². The summed E-state index contributed by atoms with van der Waals surface area (Å²) in [4.78, 5) is 4.51. The maximum atomic E-state index is 14.0. The maximum absolute atomic E-state index is 14.0. The van der Waals surface area contributed by atoms with Crippen molar-refractivity contribution in [1.29, 1.82) is 0 Å². The highest BCUT2D eigenvalue weighted by Crippen LogP contribution is 2.36. The molecule has 0 amide bonds. The number of rotatable bonds is 2. The lowest BCUT2D eigenvalue weighted by molar-refractivity contribution is 0.630. The molecule has 0 fully saturated rings. The van der Waals surface area contributed by atoms with Gasteiger partial charge in [-0.25, -0.2) is 9.37 Å². The fourth-order valence-electron chi connectivity index (χ4n) is 2.05. The van der Waals surface area contributed by atoms with Crippen LogP contribution in [-0.2, 0) is 0 Å². The Labute approximate surface area is 120 Å². The van der Waals surface area contributed by atoms with Crippen LogP contribution in [0.15, 0.2) is 48.5 Å². The molecule has 3 aromatic rings. The highest BCUT2D eigenvalue weighted by molar-refractivity contribution is 7.19. The van der Waals surface area contributed by atoms with Crippen LogP contribution in [0.2, 0.25) is 0 Å². The molecule has 0 saturated carbocycles. The second-order valence-corrected chi connectivity index (χ2v) is 5.61. The van der Waals surface area contributed by atoms with Crippen LogP contribution >= 0.6 is 11.3 Å². The molecule has 0 radical (unpaired) electrons. The molecule has 0 atom stereocenters. The molecule has 100 valence electrons. The largest absolute Gasteiger partial charge is 0.389 e. The summed E-state index contributed by atoms with van der Waals surface area (Å²) in [7, 11) is 0. The zero-order valence-corrected chi connectivity index (χ0v) is 11.7. The van der Waals surface area contributed by atoms with Crippen LogP contribution in [0.3, 0.4) is 0 Å². The lowest BCUT2D eigenvalue weighted by Gasteiger charge is -2.02. The minimum atomic E-state index is -0.299. The van der Waals surface area contributed by atoms with E-state index in [1.54, 1.807) is 12.1 Å². The average molecular weight is 284 g/mol. The van der Waals surface area contributed by atoms with Crippen LogP contribution in [0.1, 0.15) is 5.56 Å². The number of benzene rings is 2. The molecule has 1 heterocycles. The Bertz CT molecular complexity index is 750. The number of hydrogen-bond acceptors (Lipinski definition) is 3. The number of thiazole rings is 1. The maximum Gasteiger partial charge on any atom is 0.132 e. The highest BCUT2D eigenvalue weighted by Gasteiger charge is 2.15. The molecule has 20 heavy (non-hydrogen) atoms. The van der Waals surface area contributed by atoms with Crippen molar-refractivity contribution in [2.24, 2.45) is 0 Å². The van der Waals surface area contributed by atoms with E-state index in [4.69, 9.17) is 5.73 Å². The van der Waals surface area contributed by atoms with Gasteiger partial charge in [-0.2, -0.15) is 0 Å². The molecular formula is C16H13FN2S. The summed E-state index contributed by atoms with van der Waals surface area (Å²) in [5.74, 6) is -0.299. The molecular weight excluding hydrogens is 271 g/mol. The predicted molar refractivity (Wildman–Crippen MR) is 82.1 cm³/mol. The first-order valence-corrected chi connectivity index (χ1v) is 7.05. The van der Waals surface area contributed by atoms with Crippen molar-refractivity contribution in [2.75, 3.05) is 5.73 Å². The van der Waals surface area contributed by atoms with E-state index in [2.05, 4.69) is 4.98 Å². The van der Waals surface area contributed by atoms with Gasteiger partial charge in [-0.15, -0.1) is 0 Å². The summed E-state index contributed by atoms with van der Waals surface area (Å²) >= 11 is 1.38. The molecule has 4 heteroatoms. The van der Waals surface area contributed by atoms with E-state index < -0.39 is 0 Å². The van der Waals surface area contributed by atoms with Gasteiger partial charge in [0.1, 0.15) is 21.5 Å². The van der Waals surface area contributed by atoms with Gasteiger partial charge in [0, 0.05) is 11.1 Å². The van der Waals surface area contributed by atoms with Crippen LogP contribution in [0.4, 0.5) is 9.39 Å². The third-order valence-electron chi connectivity index (χ3n) is 3.05. The fraction of sp³-hybridized carbons (Fsp3) is 0.0625. The van der Waals surface area contributed by atoms with Gasteiger partial charge in [-0.05, 0) is 19.1 Å². The van der Waals surface area contributed by atoms with Crippen molar-refractivity contribution in [3.63, 3.8) is 0 Å². The second-order valence-electron chi connectivity index (χ2n) is 4.58. The lowest BCUT2D eigenvalue weighted by atomic mass is 10.1. The molecule has 0 saturated heterocycles. The topological polar surface area (TPSA) is 38.9 Å². The number of halogens is 1. The van der Waals surface area contributed by atoms with Gasteiger partial charge in [-0.3, -0.25) is 0 Å². The van der Waals surface area contributed by atoms with Crippen molar-refractivity contribution < 1.29 is 4.39 Å². The zero-order valence-electron chi connectivity index (χ0n) is 10.9. The molecule has 2 aromatic carbocycles. The molecule has 3 rings (SSSR count). The van der Waals surface area contributed by atoms with Gasteiger partial charge in [0.2, 0.25) is 0 Å². The Morgan fingerprint density at radius 3 is 2.60 bits per heavy atom. The molecule has 0 spiro atoms. The first kappa shape index (κ1) is 12.8. The normalized spacial score (nSPS) is 10.7. The summed E-state index contributed by atoms with van der Waals surface area (Å²) in [6, 6.07) is 14.7. The van der Waals surface area contributed by atoms with E-state index >= 15 is 0 Å². The molecule has 0 aliphatic rings. The minimum Gasteiger partial charge on any atom is -0.389 e. The van der Waals surface area contributed by atoms with Crippen molar-refractivity contribution in [1.82, 2.24) is 4.98 Å². The second kappa shape index (κ2) is 5.06. The summed E-state index contributed by atoms with van der Waals surface area (Å²) in [6.45, 7) is 1.92. The average Bonchev–Trinajstić information content (AvgIpc) is 2.84. The number of nitrogen functional groups attached to an aromatic ring is 1. The van der Waals surface area contributed by atoms with Gasteiger partial charge in [0.05, 0.1) is 0 Å². The van der Waals surface area contributed by atoms with E-state index in [9.17, 15) is 4.39 Å². The number of aromatic nitrogens is 1. The molecule has 0 aliphatic carbocycles. The molecule has 2 nitrogen and oxygen atoms in total. The molecule has 2 N–H and O–H groups in total. The zero-order chi connectivity index (χ0) is 14.1. The Morgan fingerprint density at radius 2 is 1.85 bits per heavy atom. The minimum absolute atomic E-state index is 0.299. The van der Waals surface area contributed by atoms with E-state index in [0.717, 1.165) is 16.1 Å². The Hall–Kier alpha value is -2.20. The smallest absolute Gasteiger partial charge is 0.132 e. The third-order valence-corrected chi connectivity index (χ3v) is 3.98. The Balaban J connectivity index is 2.12. The van der Waals surface area contributed by atoms with E-state index in [1.165, 1.54) is 17.4 Å². The summed E-state index contributed by atoms with van der Waals surface area (Å²) in [5, 5.41) is 1.34. The summed E-state index contributed by atoms with van der Waals surface area (Å²) < 4.78 is 14.0. The monoisotopic (exact) mass is 284 g/mol. The van der Waals surface area contributed by atoms with E-state index in [-0.39, 0.29) is 5.82 Å². The van der Waals surface area contributed by atoms with Gasteiger partial charge < -0.3 is 5.73 Å². The lowest BCUT2D eigenvalue weighted by Crippen LogP contribution is -1.90. The summed E-state index contributed by atoms with van der Waals surface area (Å²) in [5.41, 5.74) is 8.97. The van der Waals surface area contributed by atoms with Gasteiger partial charge in [-0.1, -0.05) is 53.3 Å². The van der Waals surface area contributed by atoms with E-state index in [0.29, 0.717) is 16.3 Å². The van der Waals surface area contributed by atoms with Gasteiger partial charge >= 0.3 is 0 Å². The van der Waals surface area contributed by atoms with Crippen LogP contribution < -0.4 is 5.73 Å². The standard InChI is InChI=1S/C16H13FN2S/c1-10-7-8-13(17)12(9-10)14-15(18)20-16(19-14)11-5-3-2-4-6-11/h2-9H,18H2,1H3. The number of hydrogen-bond donors (Lipinski definition) is 1. The molecule has 1 aromatic heterocycles. The van der Waals surface area contributed by atoms with Crippen molar-refractivity contribution in [3.05, 3.63) is 59.9 Å². The SMILES string of the molecule is Cc1ccc(F)c(-c2nc(-c3ccccc3)sc2N)c1. The highest BCUT2D eigenvalue weighted by atomic mass is 32.1. The molecule has 0 aliphatic heterocycles. The molecule has 0 unspecified atom stereocenters. The van der Waals surface area contributed by atoms with Crippen LogP contribution in [0.25, 0.3) is 21.8 Å². The quantitative estimate of drug-likeness (QED) is 0.752. The van der Waals surface area contributed by atoms with Gasteiger partial charge in [0.15, 0.2) is 0 Å². The Morgan fingerprint density at radius 1 is 1.10 bits per heavy atom. The van der Waals surface area contributed by atoms with Crippen LogP contribution in [-0.4, -0.2) is 4.98 Å². The first-order chi connectivity index (χ1) is 9.65. The first-order valence-electron chi connectivity index (χ1n) is 6.23. The third kappa shape index (κ3) is 2.30. The number of nitrogens with two attached hydrogens (primary N) is 1. The fourth-order valence-corrected chi connectivity index (χ4v) is 2.90. The van der Waals surface area contributed by atoms with Gasteiger partial charge in [0.25, 0.3) is 0 Å². The van der Waals surface area contributed by atoms with Crippen LogP contribution in [0, 0.1) is 12.7 Å². The van der Waals surface area contributed by atoms with Crippen molar-refractivity contribution in [3.8, 4) is 21.8 Å². The van der Waals surface area contributed by atoms with E-state index in [1.807, 2.05) is 37.3 Å². The van der Waals surface area contributed by atoms with Crippen LogP contribution in [0.5, 0.6) is 0 Å². The Kier molecular flexibility index (Phi) is 3.24. The number of aryl methyl sites for hydroxylation is 1. The number of anilines is 1. The number of nitrogens with zero attached hydrogens (tertiary/aromatic N) is 1. The summed E-state index contributed by atoms with van der Waals surface area (Å²) in [6.07, 6.45) is 0.